The average Bonchev–Trinajstić information content (AvgIpc) is 2.66. The summed E-state index contributed by atoms with van der Waals surface area (Å²) in [7, 11) is 0. The average molecular weight is 390 g/mol. The minimum Gasteiger partial charge on any atom is -0.494 e. The molecule has 1 aliphatic heterocycles. The van der Waals surface area contributed by atoms with Gasteiger partial charge in [0.05, 0.1) is 12.3 Å². The van der Waals surface area contributed by atoms with E-state index in [-0.39, 0.29) is 29.7 Å². The molecule has 2 aromatic rings. The third-order valence-corrected chi connectivity index (χ3v) is 4.17. The van der Waals surface area contributed by atoms with Crippen molar-refractivity contribution in [1.82, 2.24) is 0 Å². The Bertz CT molecular complexity index is 858. The second-order valence-electron chi connectivity index (χ2n) is 6.24. The number of rotatable bonds is 8. The molecule has 1 aliphatic rings. The maximum absolute atomic E-state index is 12.4. The first-order valence-corrected chi connectivity index (χ1v) is 8.90. The number of carbonyl (C=O) groups excluding carboxylic acids is 2. The Morgan fingerprint density at radius 2 is 2.00 bits per heavy atom. The number of halogens is 2. The monoisotopic (exact) mass is 390 g/mol. The van der Waals surface area contributed by atoms with Gasteiger partial charge in [0.2, 0.25) is 11.8 Å². The molecule has 0 aliphatic carbocycles. The molecular formula is C20H20F2N2O4. The quantitative estimate of drug-likeness (QED) is 0.669. The largest absolute Gasteiger partial charge is 0.494 e. The van der Waals surface area contributed by atoms with Gasteiger partial charge in [-0.05, 0) is 48.7 Å². The summed E-state index contributed by atoms with van der Waals surface area (Å²) >= 11 is 0. The molecule has 0 unspecified atom stereocenters. The number of carbonyl (C=O) groups is 2. The molecule has 148 valence electrons. The molecule has 0 atom stereocenters. The lowest BCUT2D eigenvalue weighted by Crippen LogP contribution is -2.18. The maximum atomic E-state index is 12.4. The molecule has 3 rings (SSSR count). The van der Waals surface area contributed by atoms with Crippen molar-refractivity contribution in [2.45, 2.75) is 32.3 Å². The minimum atomic E-state index is -2.96. The van der Waals surface area contributed by atoms with Crippen LogP contribution in [0.25, 0.3) is 0 Å². The first kappa shape index (κ1) is 19.6. The van der Waals surface area contributed by atoms with Crippen molar-refractivity contribution < 1.29 is 27.8 Å². The van der Waals surface area contributed by atoms with Gasteiger partial charge in [-0.2, -0.15) is 8.78 Å². The van der Waals surface area contributed by atoms with Crippen molar-refractivity contribution in [3.63, 3.8) is 0 Å². The summed E-state index contributed by atoms with van der Waals surface area (Å²) in [4.78, 5) is 23.4. The van der Waals surface area contributed by atoms with Crippen molar-refractivity contribution in [2.75, 3.05) is 17.2 Å². The lowest BCUT2D eigenvalue weighted by Gasteiger charge is -2.17. The summed E-state index contributed by atoms with van der Waals surface area (Å²) in [5.41, 5.74) is 2.02. The van der Waals surface area contributed by atoms with Crippen LogP contribution in [0.3, 0.4) is 0 Å². The summed E-state index contributed by atoms with van der Waals surface area (Å²) in [6, 6.07) is 11.5. The lowest BCUT2D eigenvalue weighted by molar-refractivity contribution is -0.117. The molecule has 1 heterocycles. The van der Waals surface area contributed by atoms with Crippen LogP contribution in [0.1, 0.15) is 24.8 Å². The number of alkyl halides is 2. The van der Waals surface area contributed by atoms with Gasteiger partial charge in [-0.15, -0.1) is 0 Å². The van der Waals surface area contributed by atoms with E-state index in [0.29, 0.717) is 31.6 Å². The van der Waals surface area contributed by atoms with Gasteiger partial charge in [0.1, 0.15) is 11.5 Å². The normalized spacial score (nSPS) is 12.9. The molecule has 6 nitrogen and oxygen atoms in total. The van der Waals surface area contributed by atoms with E-state index in [1.54, 1.807) is 24.3 Å². The van der Waals surface area contributed by atoms with Gasteiger partial charge in [-0.3, -0.25) is 9.59 Å². The third-order valence-electron chi connectivity index (χ3n) is 4.17. The number of fused-ring (bicyclic) bond motifs is 1. The van der Waals surface area contributed by atoms with Gasteiger partial charge >= 0.3 is 6.61 Å². The van der Waals surface area contributed by atoms with E-state index < -0.39 is 6.61 Å². The van der Waals surface area contributed by atoms with Crippen LogP contribution < -0.4 is 20.1 Å². The van der Waals surface area contributed by atoms with Crippen LogP contribution in [0.4, 0.5) is 20.2 Å². The third kappa shape index (κ3) is 5.42. The second-order valence-corrected chi connectivity index (χ2v) is 6.24. The molecule has 28 heavy (non-hydrogen) atoms. The zero-order valence-corrected chi connectivity index (χ0v) is 15.0. The van der Waals surface area contributed by atoms with E-state index in [1.165, 1.54) is 12.1 Å². The number of para-hydroxylation sites is 2. The SMILES string of the molecule is O=C1CCc2cc(OCCCC(=O)Nc3ccccc3OC(F)F)ccc2N1. The van der Waals surface area contributed by atoms with E-state index in [1.807, 2.05) is 6.07 Å². The van der Waals surface area contributed by atoms with Gasteiger partial charge < -0.3 is 20.1 Å². The minimum absolute atomic E-state index is 0.00713. The van der Waals surface area contributed by atoms with Crippen LogP contribution in [0.2, 0.25) is 0 Å². The van der Waals surface area contributed by atoms with Crippen molar-refractivity contribution >= 4 is 23.2 Å². The number of ether oxygens (including phenoxy) is 2. The predicted molar refractivity (Wildman–Crippen MR) is 99.8 cm³/mol. The fourth-order valence-corrected chi connectivity index (χ4v) is 2.85. The molecule has 0 bridgehead atoms. The molecule has 2 amide bonds. The van der Waals surface area contributed by atoms with Crippen LogP contribution in [-0.4, -0.2) is 25.0 Å². The van der Waals surface area contributed by atoms with Crippen molar-refractivity contribution in [1.29, 1.82) is 0 Å². The van der Waals surface area contributed by atoms with Crippen LogP contribution >= 0.6 is 0 Å². The molecule has 0 radical (unpaired) electrons. The zero-order chi connectivity index (χ0) is 19.9. The van der Waals surface area contributed by atoms with Gasteiger partial charge in [0.25, 0.3) is 0 Å². The van der Waals surface area contributed by atoms with Crippen molar-refractivity contribution in [2.24, 2.45) is 0 Å². The van der Waals surface area contributed by atoms with Crippen LogP contribution in [0, 0.1) is 0 Å². The number of anilines is 2. The van der Waals surface area contributed by atoms with Gasteiger partial charge in [0.15, 0.2) is 0 Å². The molecule has 2 N–H and O–H groups in total. The van der Waals surface area contributed by atoms with Crippen molar-refractivity contribution in [3.05, 3.63) is 48.0 Å². The topological polar surface area (TPSA) is 76.7 Å². The van der Waals surface area contributed by atoms with E-state index in [0.717, 1.165) is 11.3 Å². The summed E-state index contributed by atoms with van der Waals surface area (Å²) in [6.07, 6.45) is 1.75. The van der Waals surface area contributed by atoms with E-state index in [9.17, 15) is 18.4 Å². The lowest BCUT2D eigenvalue weighted by atomic mass is 10.0. The van der Waals surface area contributed by atoms with Crippen LogP contribution in [-0.2, 0) is 16.0 Å². The molecule has 2 aromatic carbocycles. The Hall–Kier alpha value is -3.16. The summed E-state index contributed by atoms with van der Waals surface area (Å²) in [5.74, 6) is 0.281. The number of aryl methyl sites for hydroxylation is 1. The number of hydrogen-bond acceptors (Lipinski definition) is 4. The standard InChI is InChI=1S/C20H20F2N2O4/c21-20(22)28-17-5-2-1-4-16(17)24-18(25)6-3-11-27-14-8-9-15-13(12-14)7-10-19(26)23-15/h1-2,4-5,8-9,12,20H,3,6-7,10-11H2,(H,23,26)(H,24,25). The highest BCUT2D eigenvalue weighted by Crippen LogP contribution is 2.27. The Balaban J connectivity index is 1.44. The molecule has 0 fully saturated rings. The maximum Gasteiger partial charge on any atom is 0.387 e. The van der Waals surface area contributed by atoms with E-state index in [4.69, 9.17) is 4.74 Å². The van der Waals surface area contributed by atoms with E-state index in [2.05, 4.69) is 15.4 Å². The van der Waals surface area contributed by atoms with Crippen LogP contribution in [0.15, 0.2) is 42.5 Å². The number of hydrogen-bond donors (Lipinski definition) is 2. The smallest absolute Gasteiger partial charge is 0.387 e. The highest BCUT2D eigenvalue weighted by atomic mass is 19.3. The van der Waals surface area contributed by atoms with Gasteiger partial charge in [0, 0.05) is 18.5 Å². The Labute approximate surface area is 160 Å². The Morgan fingerprint density at radius 1 is 1.18 bits per heavy atom. The number of nitrogens with one attached hydrogen (secondary N) is 2. The fraction of sp³-hybridized carbons (Fsp3) is 0.300. The van der Waals surface area contributed by atoms with Crippen molar-refractivity contribution in [3.8, 4) is 11.5 Å². The van der Waals surface area contributed by atoms with Crippen LogP contribution in [0.5, 0.6) is 11.5 Å². The molecule has 0 spiro atoms. The summed E-state index contributed by atoms with van der Waals surface area (Å²) < 4.78 is 34.8. The summed E-state index contributed by atoms with van der Waals surface area (Å²) in [5, 5.41) is 5.37. The predicted octanol–water partition coefficient (Wildman–Crippen LogP) is 3.97. The van der Waals surface area contributed by atoms with Gasteiger partial charge in [-0.1, -0.05) is 12.1 Å². The summed E-state index contributed by atoms with van der Waals surface area (Å²) in [6.45, 7) is -2.63. The molecular weight excluding hydrogens is 370 g/mol. The highest BCUT2D eigenvalue weighted by molar-refractivity contribution is 5.94. The molecule has 0 saturated heterocycles. The molecule has 8 heteroatoms. The fourth-order valence-electron chi connectivity index (χ4n) is 2.85. The Kier molecular flexibility index (Phi) is 6.41. The first-order valence-electron chi connectivity index (χ1n) is 8.90. The highest BCUT2D eigenvalue weighted by Gasteiger charge is 2.15. The number of amides is 2. The molecule has 0 saturated carbocycles. The van der Waals surface area contributed by atoms with Gasteiger partial charge in [-0.25, -0.2) is 0 Å². The molecule has 0 aromatic heterocycles. The number of benzene rings is 2. The Morgan fingerprint density at radius 3 is 2.82 bits per heavy atom. The zero-order valence-electron chi connectivity index (χ0n) is 15.0. The first-order chi connectivity index (χ1) is 13.5. The van der Waals surface area contributed by atoms with E-state index >= 15 is 0 Å². The second kappa shape index (κ2) is 9.16.